The Labute approximate surface area is 95.8 Å². The number of ether oxygens (including phenoxy) is 1. The number of carbonyl (C=O) groups is 1. The fourth-order valence-electron chi connectivity index (χ4n) is 0.925. The molecule has 7 heteroatoms. The van der Waals surface area contributed by atoms with Gasteiger partial charge in [0.2, 0.25) is 0 Å². The molecule has 0 saturated heterocycles. The molecule has 3 N–H and O–H groups in total. The number of halogens is 1. The number of aliphatic hydroxyl groups excluding tert-OH is 1. The van der Waals surface area contributed by atoms with Crippen molar-refractivity contribution >= 4 is 28.9 Å². The SMILES string of the molecule is CCOC(=O)C(N)C(O)c1ncc(Cl)s1. The maximum Gasteiger partial charge on any atom is 0.326 e. The summed E-state index contributed by atoms with van der Waals surface area (Å²) in [5, 5.41) is 9.97. The first-order valence-electron chi connectivity index (χ1n) is 4.27. The highest BCUT2D eigenvalue weighted by Gasteiger charge is 2.27. The van der Waals surface area contributed by atoms with E-state index in [4.69, 9.17) is 17.3 Å². The average Bonchev–Trinajstić information content (AvgIpc) is 2.63. The topological polar surface area (TPSA) is 85.4 Å². The van der Waals surface area contributed by atoms with Crippen molar-refractivity contribution in [2.24, 2.45) is 5.73 Å². The Kier molecular flexibility index (Phi) is 4.46. The van der Waals surface area contributed by atoms with Crippen molar-refractivity contribution in [1.82, 2.24) is 4.98 Å². The van der Waals surface area contributed by atoms with Crippen LogP contribution in [0.3, 0.4) is 0 Å². The van der Waals surface area contributed by atoms with Crippen LogP contribution < -0.4 is 5.73 Å². The van der Waals surface area contributed by atoms with Gasteiger partial charge in [0.15, 0.2) is 0 Å². The first-order valence-corrected chi connectivity index (χ1v) is 5.47. The van der Waals surface area contributed by atoms with Gasteiger partial charge in [-0.15, -0.1) is 11.3 Å². The van der Waals surface area contributed by atoms with E-state index in [-0.39, 0.29) is 6.61 Å². The number of esters is 1. The van der Waals surface area contributed by atoms with Gasteiger partial charge in [-0.3, -0.25) is 4.79 Å². The monoisotopic (exact) mass is 250 g/mol. The van der Waals surface area contributed by atoms with E-state index in [1.165, 1.54) is 6.20 Å². The second-order valence-corrected chi connectivity index (χ2v) is 4.42. The van der Waals surface area contributed by atoms with Crippen LogP contribution in [0.25, 0.3) is 0 Å². The highest BCUT2D eigenvalue weighted by molar-refractivity contribution is 7.15. The summed E-state index contributed by atoms with van der Waals surface area (Å²) < 4.78 is 5.10. The lowest BCUT2D eigenvalue weighted by Crippen LogP contribution is -2.38. The lowest BCUT2D eigenvalue weighted by atomic mass is 10.2. The minimum absolute atomic E-state index is 0.220. The molecule has 0 amide bonds. The zero-order valence-corrected chi connectivity index (χ0v) is 9.59. The third-order valence-corrected chi connectivity index (χ3v) is 2.83. The van der Waals surface area contributed by atoms with Gasteiger partial charge in [0, 0.05) is 0 Å². The molecule has 1 heterocycles. The molecule has 0 aliphatic carbocycles. The molecule has 0 bridgehead atoms. The first kappa shape index (κ1) is 12.4. The minimum atomic E-state index is -1.18. The molecule has 1 aromatic rings. The highest BCUT2D eigenvalue weighted by atomic mass is 35.5. The molecule has 2 atom stereocenters. The van der Waals surface area contributed by atoms with Crippen LogP contribution in [0.15, 0.2) is 6.20 Å². The van der Waals surface area contributed by atoms with Crippen molar-refractivity contribution < 1.29 is 14.6 Å². The second-order valence-electron chi connectivity index (χ2n) is 2.73. The Balaban J connectivity index is 2.67. The summed E-state index contributed by atoms with van der Waals surface area (Å²) in [6, 6.07) is -1.13. The van der Waals surface area contributed by atoms with E-state index in [1.54, 1.807) is 6.92 Å². The molecule has 0 fully saturated rings. The first-order chi connectivity index (χ1) is 7.06. The number of hydrogen-bond acceptors (Lipinski definition) is 6. The van der Waals surface area contributed by atoms with E-state index in [2.05, 4.69) is 9.72 Å². The Morgan fingerprint density at radius 1 is 1.87 bits per heavy atom. The van der Waals surface area contributed by atoms with Crippen LogP contribution in [0.2, 0.25) is 4.34 Å². The third-order valence-electron chi connectivity index (χ3n) is 1.65. The quantitative estimate of drug-likeness (QED) is 0.769. The summed E-state index contributed by atoms with van der Waals surface area (Å²) in [5.41, 5.74) is 5.49. The average molecular weight is 251 g/mol. The van der Waals surface area contributed by atoms with Gasteiger partial charge >= 0.3 is 5.97 Å². The predicted molar refractivity (Wildman–Crippen MR) is 56.7 cm³/mol. The molecule has 1 aromatic heterocycles. The lowest BCUT2D eigenvalue weighted by molar-refractivity contribution is -0.147. The van der Waals surface area contributed by atoms with E-state index in [9.17, 15) is 9.90 Å². The summed E-state index contributed by atoms with van der Waals surface area (Å²) in [6.07, 6.45) is 0.212. The van der Waals surface area contributed by atoms with Crippen molar-refractivity contribution in [2.75, 3.05) is 6.61 Å². The zero-order valence-electron chi connectivity index (χ0n) is 8.01. The maximum absolute atomic E-state index is 11.2. The number of nitrogens with zero attached hydrogens (tertiary/aromatic N) is 1. The zero-order chi connectivity index (χ0) is 11.4. The number of thiazole rings is 1. The van der Waals surface area contributed by atoms with E-state index in [0.717, 1.165) is 11.3 Å². The van der Waals surface area contributed by atoms with Crippen LogP contribution >= 0.6 is 22.9 Å². The van der Waals surface area contributed by atoms with E-state index >= 15 is 0 Å². The standard InChI is InChI=1S/C8H11ClN2O3S/c1-2-14-8(13)5(10)6(12)7-11-3-4(9)15-7/h3,5-6,12H,2,10H2,1H3. The number of nitrogens with two attached hydrogens (primary N) is 1. The summed E-state index contributed by atoms with van der Waals surface area (Å²) in [7, 11) is 0. The molecule has 84 valence electrons. The van der Waals surface area contributed by atoms with Gasteiger partial charge in [-0.25, -0.2) is 4.98 Å². The van der Waals surface area contributed by atoms with Crippen LogP contribution in [-0.4, -0.2) is 28.7 Å². The number of rotatable bonds is 4. The van der Waals surface area contributed by atoms with E-state index < -0.39 is 18.1 Å². The lowest BCUT2D eigenvalue weighted by Gasteiger charge is -2.14. The van der Waals surface area contributed by atoms with Crippen LogP contribution in [0.5, 0.6) is 0 Å². The van der Waals surface area contributed by atoms with Gasteiger partial charge in [-0.05, 0) is 6.92 Å². The third kappa shape index (κ3) is 3.13. The van der Waals surface area contributed by atoms with E-state index in [0.29, 0.717) is 9.34 Å². The van der Waals surface area contributed by atoms with Gasteiger partial charge in [0.25, 0.3) is 0 Å². The highest BCUT2D eigenvalue weighted by Crippen LogP contribution is 2.25. The minimum Gasteiger partial charge on any atom is -0.465 e. The maximum atomic E-state index is 11.2. The molecule has 0 radical (unpaired) electrons. The number of aromatic nitrogens is 1. The van der Waals surface area contributed by atoms with Gasteiger partial charge in [-0.2, -0.15) is 0 Å². The molecule has 0 aromatic carbocycles. The Bertz CT molecular complexity index is 344. The van der Waals surface area contributed by atoms with Crippen LogP contribution in [-0.2, 0) is 9.53 Å². The normalized spacial score (nSPS) is 14.7. The molecule has 0 saturated carbocycles. The van der Waals surface area contributed by atoms with Crippen molar-refractivity contribution in [2.45, 2.75) is 19.1 Å². The van der Waals surface area contributed by atoms with Gasteiger partial charge < -0.3 is 15.6 Å². The van der Waals surface area contributed by atoms with Crippen LogP contribution in [0, 0.1) is 0 Å². The molecule has 15 heavy (non-hydrogen) atoms. The molecular formula is C8H11ClN2O3S. The van der Waals surface area contributed by atoms with Crippen LogP contribution in [0.1, 0.15) is 18.0 Å². The smallest absolute Gasteiger partial charge is 0.326 e. The number of hydrogen-bond donors (Lipinski definition) is 2. The molecular weight excluding hydrogens is 240 g/mol. The van der Waals surface area contributed by atoms with Gasteiger partial charge in [0.1, 0.15) is 21.5 Å². The second kappa shape index (κ2) is 5.41. The fourth-order valence-corrected chi connectivity index (χ4v) is 1.89. The Morgan fingerprint density at radius 3 is 3.00 bits per heavy atom. The summed E-state index contributed by atoms with van der Waals surface area (Å²) >= 11 is 6.71. The largest absolute Gasteiger partial charge is 0.465 e. The number of aliphatic hydroxyl groups is 1. The van der Waals surface area contributed by atoms with Gasteiger partial charge in [0.05, 0.1) is 12.8 Å². The predicted octanol–water partition coefficient (Wildman–Crippen LogP) is 0.720. The molecule has 0 aliphatic rings. The van der Waals surface area contributed by atoms with Crippen LogP contribution in [0.4, 0.5) is 0 Å². The summed E-state index contributed by atoms with van der Waals surface area (Å²) in [5.74, 6) is -0.656. The van der Waals surface area contributed by atoms with Crippen molar-refractivity contribution in [3.63, 3.8) is 0 Å². The van der Waals surface area contributed by atoms with Crippen molar-refractivity contribution in [3.8, 4) is 0 Å². The summed E-state index contributed by atoms with van der Waals surface area (Å²) in [6.45, 7) is 1.88. The molecule has 0 spiro atoms. The van der Waals surface area contributed by atoms with Crippen molar-refractivity contribution in [3.05, 3.63) is 15.5 Å². The fraction of sp³-hybridized carbons (Fsp3) is 0.500. The van der Waals surface area contributed by atoms with Crippen molar-refractivity contribution in [1.29, 1.82) is 0 Å². The van der Waals surface area contributed by atoms with Gasteiger partial charge in [-0.1, -0.05) is 11.6 Å². The summed E-state index contributed by atoms with van der Waals surface area (Å²) in [4.78, 5) is 15.0. The molecule has 1 rings (SSSR count). The molecule has 5 nitrogen and oxygen atoms in total. The Hall–Kier alpha value is -0.690. The molecule has 0 aliphatic heterocycles. The number of carbonyl (C=O) groups excluding carboxylic acids is 1. The molecule has 2 unspecified atom stereocenters. The van der Waals surface area contributed by atoms with E-state index in [1.807, 2.05) is 0 Å². The Morgan fingerprint density at radius 2 is 2.53 bits per heavy atom.